The summed E-state index contributed by atoms with van der Waals surface area (Å²) in [6.07, 6.45) is 0.546. The highest BCUT2D eigenvalue weighted by Gasteiger charge is 2.31. The van der Waals surface area contributed by atoms with Crippen LogP contribution in [0, 0.1) is 5.82 Å². The van der Waals surface area contributed by atoms with Crippen molar-refractivity contribution in [1.82, 2.24) is 9.55 Å². The quantitative estimate of drug-likeness (QED) is 0.838. The molecule has 2 aromatic rings. The Kier molecular flexibility index (Phi) is 4.23. The maximum atomic E-state index is 13.1. The number of thioether (sulfide) groups is 1. The minimum Gasteiger partial charge on any atom is -0.274 e. The molecule has 0 unspecified atom stereocenters. The molecule has 8 heteroatoms. The molecule has 0 fully saturated rings. The third-order valence-corrected chi connectivity index (χ3v) is 4.56. The number of anilines is 1. The molecule has 0 radical (unpaired) electrons. The zero-order valence-corrected chi connectivity index (χ0v) is 14.2. The number of rotatable bonds is 2. The molecule has 0 saturated carbocycles. The molecule has 2 heterocycles. The van der Waals surface area contributed by atoms with E-state index in [0.717, 1.165) is 0 Å². The summed E-state index contributed by atoms with van der Waals surface area (Å²) in [5.74, 6) is 0.0718. The summed E-state index contributed by atoms with van der Waals surface area (Å²) in [7, 11) is 0. The van der Waals surface area contributed by atoms with Crippen molar-refractivity contribution in [2.75, 3.05) is 5.01 Å². The van der Waals surface area contributed by atoms with Gasteiger partial charge in [-0.3, -0.25) is 14.2 Å². The van der Waals surface area contributed by atoms with Crippen LogP contribution in [0.25, 0.3) is 0 Å². The van der Waals surface area contributed by atoms with Crippen LogP contribution in [0.1, 0.15) is 37.0 Å². The van der Waals surface area contributed by atoms with Gasteiger partial charge < -0.3 is 0 Å². The van der Waals surface area contributed by atoms with E-state index in [4.69, 9.17) is 0 Å². The average molecular weight is 346 g/mol. The summed E-state index contributed by atoms with van der Waals surface area (Å²) in [6.45, 7) is 4.71. The van der Waals surface area contributed by atoms with Gasteiger partial charge in [-0.15, -0.1) is 0 Å². The minimum absolute atomic E-state index is 0.183. The van der Waals surface area contributed by atoms with Gasteiger partial charge in [0.2, 0.25) is 11.8 Å². The number of nitrogens with zero attached hydrogens (tertiary/aromatic N) is 4. The lowest BCUT2D eigenvalue weighted by molar-refractivity contribution is -0.116. The van der Waals surface area contributed by atoms with Gasteiger partial charge in [-0.25, -0.2) is 9.37 Å². The van der Waals surface area contributed by atoms with E-state index >= 15 is 0 Å². The summed E-state index contributed by atoms with van der Waals surface area (Å²) < 4.78 is 14.6. The second-order valence-corrected chi connectivity index (χ2v) is 6.19. The van der Waals surface area contributed by atoms with E-state index in [2.05, 4.69) is 10.1 Å². The Hall–Kier alpha value is -2.48. The van der Waals surface area contributed by atoms with Crippen LogP contribution in [0.2, 0.25) is 0 Å². The Morgan fingerprint density at radius 3 is 2.38 bits per heavy atom. The molecule has 0 atom stereocenters. The number of carbonyl (C=O) groups is 2. The van der Waals surface area contributed by atoms with Gasteiger partial charge in [0.1, 0.15) is 21.7 Å². The number of carbonyl (C=O) groups excluding carboxylic acids is 2. The highest BCUT2D eigenvalue weighted by atomic mass is 32.2. The van der Waals surface area contributed by atoms with Gasteiger partial charge in [0.05, 0.1) is 0 Å². The van der Waals surface area contributed by atoms with E-state index in [1.54, 1.807) is 12.1 Å². The van der Waals surface area contributed by atoms with Gasteiger partial charge in [0, 0.05) is 25.8 Å². The number of benzene rings is 1. The third-order valence-electron chi connectivity index (χ3n) is 3.49. The molecule has 124 valence electrons. The number of hydrazone groups is 1. The molecule has 1 aliphatic rings. The smallest absolute Gasteiger partial charge is 0.245 e. The lowest BCUT2D eigenvalue weighted by Gasteiger charge is -2.21. The van der Waals surface area contributed by atoms with Crippen LogP contribution >= 0.6 is 11.8 Å². The highest BCUT2D eigenvalue weighted by Crippen LogP contribution is 2.38. The topological polar surface area (TPSA) is 67.6 Å². The summed E-state index contributed by atoms with van der Waals surface area (Å²) in [5.41, 5.74) is 0.660. The first-order valence-corrected chi connectivity index (χ1v) is 8.19. The number of amides is 1. The second-order valence-electron chi connectivity index (χ2n) is 5.21. The second kappa shape index (κ2) is 6.20. The monoisotopic (exact) mass is 346 g/mol. The number of halogens is 1. The number of aromatic nitrogens is 2. The Morgan fingerprint density at radius 2 is 1.83 bits per heavy atom. The molecule has 3 rings (SSSR count). The number of aryl methyl sites for hydroxylation is 1. The van der Waals surface area contributed by atoms with Crippen molar-refractivity contribution in [2.45, 2.75) is 32.2 Å². The predicted molar refractivity (Wildman–Crippen MR) is 89.9 cm³/mol. The van der Waals surface area contributed by atoms with E-state index in [1.807, 2.05) is 6.92 Å². The first kappa shape index (κ1) is 16.4. The van der Waals surface area contributed by atoms with Crippen LogP contribution in [0.4, 0.5) is 10.2 Å². The molecule has 0 spiro atoms. The van der Waals surface area contributed by atoms with E-state index in [-0.39, 0.29) is 17.6 Å². The molecule has 6 nitrogen and oxygen atoms in total. The number of hydrogen-bond acceptors (Lipinski definition) is 5. The summed E-state index contributed by atoms with van der Waals surface area (Å²) >= 11 is 1.24. The maximum absolute atomic E-state index is 13.1. The molecular weight excluding hydrogens is 331 g/mol. The van der Waals surface area contributed by atoms with Crippen LogP contribution in [0.5, 0.6) is 0 Å². The van der Waals surface area contributed by atoms with Gasteiger partial charge in [-0.2, -0.15) is 10.1 Å². The van der Waals surface area contributed by atoms with Crippen molar-refractivity contribution in [1.29, 1.82) is 0 Å². The van der Waals surface area contributed by atoms with E-state index < -0.39 is 0 Å². The molecular formula is C16H15FN4O2S. The molecule has 0 N–H and O–H groups in total. The lowest BCUT2D eigenvalue weighted by Crippen LogP contribution is -2.28. The van der Waals surface area contributed by atoms with Crippen molar-refractivity contribution in [3.05, 3.63) is 41.5 Å². The number of imidazole rings is 1. The summed E-state index contributed by atoms with van der Waals surface area (Å²) in [6, 6.07) is 5.82. The first-order chi connectivity index (χ1) is 11.4. The standard InChI is InChI=1S/C16H15FN4O2S/c1-4-13-18-14-16(20(13)9(2)22)24-15(19-21(14)10(3)23)11-5-7-12(17)8-6-11/h5-8H,4H2,1-3H3. The molecule has 1 aliphatic heterocycles. The summed E-state index contributed by atoms with van der Waals surface area (Å²) in [4.78, 5) is 28.4. The normalized spacial score (nSPS) is 13.5. The summed E-state index contributed by atoms with van der Waals surface area (Å²) in [5, 5.41) is 6.56. The molecule has 0 bridgehead atoms. The molecule has 24 heavy (non-hydrogen) atoms. The Balaban J connectivity index is 2.15. The van der Waals surface area contributed by atoms with Crippen LogP contribution in [-0.4, -0.2) is 26.4 Å². The lowest BCUT2D eigenvalue weighted by atomic mass is 10.2. The number of fused-ring (bicyclic) bond motifs is 1. The maximum Gasteiger partial charge on any atom is 0.245 e. The Morgan fingerprint density at radius 1 is 1.17 bits per heavy atom. The van der Waals surface area contributed by atoms with Crippen molar-refractivity contribution in [3.63, 3.8) is 0 Å². The number of hydrogen-bond donors (Lipinski definition) is 0. The van der Waals surface area contributed by atoms with Crippen molar-refractivity contribution < 1.29 is 14.0 Å². The molecule has 0 saturated heterocycles. The molecule has 1 amide bonds. The zero-order valence-electron chi connectivity index (χ0n) is 13.4. The van der Waals surface area contributed by atoms with Crippen molar-refractivity contribution in [2.24, 2.45) is 5.10 Å². The minimum atomic E-state index is -0.355. The third kappa shape index (κ3) is 2.73. The van der Waals surface area contributed by atoms with Crippen molar-refractivity contribution in [3.8, 4) is 0 Å². The highest BCUT2D eigenvalue weighted by molar-refractivity contribution is 8.14. The van der Waals surface area contributed by atoms with E-state index in [1.165, 1.54) is 47.3 Å². The van der Waals surface area contributed by atoms with Crippen LogP contribution in [0.3, 0.4) is 0 Å². The fourth-order valence-corrected chi connectivity index (χ4v) is 3.52. The predicted octanol–water partition coefficient (Wildman–Crippen LogP) is 3.07. The molecule has 1 aromatic heterocycles. The van der Waals surface area contributed by atoms with E-state index in [9.17, 15) is 14.0 Å². The SMILES string of the molecule is CCc1nc2c(n1C(C)=O)SC(c1ccc(F)cc1)=NN2C(C)=O. The van der Waals surface area contributed by atoms with Crippen LogP contribution < -0.4 is 5.01 Å². The van der Waals surface area contributed by atoms with Crippen LogP contribution in [0.15, 0.2) is 34.4 Å². The molecule has 0 aliphatic carbocycles. The largest absolute Gasteiger partial charge is 0.274 e. The molecule has 1 aromatic carbocycles. The fraction of sp³-hybridized carbons (Fsp3) is 0.250. The zero-order chi connectivity index (χ0) is 17.4. The van der Waals surface area contributed by atoms with E-state index in [0.29, 0.717) is 33.7 Å². The average Bonchev–Trinajstić information content (AvgIpc) is 2.93. The van der Waals surface area contributed by atoms with Crippen molar-refractivity contribution >= 4 is 34.4 Å². The Labute approximate surface area is 142 Å². The van der Waals surface area contributed by atoms with Gasteiger partial charge >= 0.3 is 0 Å². The van der Waals surface area contributed by atoms with Gasteiger partial charge in [-0.1, -0.05) is 6.92 Å². The van der Waals surface area contributed by atoms with Crippen LogP contribution in [-0.2, 0) is 11.2 Å². The van der Waals surface area contributed by atoms with Gasteiger partial charge in [0.25, 0.3) is 0 Å². The first-order valence-electron chi connectivity index (χ1n) is 7.38. The van der Waals surface area contributed by atoms with Gasteiger partial charge in [-0.05, 0) is 36.0 Å². The fourth-order valence-electron chi connectivity index (χ4n) is 2.41. The Bertz CT molecular complexity index is 858. The van der Waals surface area contributed by atoms with Gasteiger partial charge in [0.15, 0.2) is 5.82 Å².